The van der Waals surface area contributed by atoms with Gasteiger partial charge in [0, 0.05) is 12.1 Å². The van der Waals surface area contributed by atoms with Crippen molar-refractivity contribution in [1.82, 2.24) is 9.55 Å². The van der Waals surface area contributed by atoms with Crippen molar-refractivity contribution in [1.29, 1.82) is 0 Å². The summed E-state index contributed by atoms with van der Waals surface area (Å²) >= 11 is 0. The van der Waals surface area contributed by atoms with E-state index < -0.39 is 0 Å². The zero-order valence-electron chi connectivity index (χ0n) is 11.0. The van der Waals surface area contributed by atoms with E-state index in [0.717, 1.165) is 36.0 Å². The lowest BCUT2D eigenvalue weighted by molar-refractivity contribution is 0.614. The summed E-state index contributed by atoms with van der Waals surface area (Å²) in [5.41, 5.74) is 4.63. The van der Waals surface area contributed by atoms with E-state index in [1.165, 1.54) is 5.56 Å². The molecule has 98 valence electrons. The molecule has 0 atom stereocenters. The summed E-state index contributed by atoms with van der Waals surface area (Å²) < 4.78 is 1.89. The SMILES string of the molecule is O=c1c(-c2ccccc2)nc2cccc3c2n1CCC3. The number of aromatic nitrogens is 2. The van der Waals surface area contributed by atoms with Crippen LogP contribution in [0.3, 0.4) is 0 Å². The number of aryl methyl sites for hydroxylation is 2. The van der Waals surface area contributed by atoms with Gasteiger partial charge in [-0.25, -0.2) is 4.98 Å². The molecule has 20 heavy (non-hydrogen) atoms. The Hall–Kier alpha value is -2.42. The Morgan fingerprint density at radius 1 is 1.00 bits per heavy atom. The molecule has 4 rings (SSSR count). The van der Waals surface area contributed by atoms with E-state index in [9.17, 15) is 4.79 Å². The van der Waals surface area contributed by atoms with Gasteiger partial charge in [-0.2, -0.15) is 0 Å². The molecule has 1 aliphatic rings. The molecule has 0 saturated heterocycles. The zero-order valence-corrected chi connectivity index (χ0v) is 11.0. The van der Waals surface area contributed by atoms with E-state index in [4.69, 9.17) is 0 Å². The monoisotopic (exact) mass is 262 g/mol. The first-order valence-electron chi connectivity index (χ1n) is 6.92. The minimum absolute atomic E-state index is 0.0239. The topological polar surface area (TPSA) is 34.9 Å². The molecule has 2 aromatic carbocycles. The molecule has 3 nitrogen and oxygen atoms in total. The summed E-state index contributed by atoms with van der Waals surface area (Å²) in [6.07, 6.45) is 2.05. The number of benzene rings is 2. The van der Waals surface area contributed by atoms with E-state index in [0.29, 0.717) is 5.69 Å². The summed E-state index contributed by atoms with van der Waals surface area (Å²) in [6, 6.07) is 15.8. The third kappa shape index (κ3) is 1.59. The molecule has 0 spiro atoms. The number of nitrogens with zero attached hydrogens (tertiary/aromatic N) is 2. The van der Waals surface area contributed by atoms with E-state index in [-0.39, 0.29) is 5.56 Å². The molecule has 3 aromatic rings. The van der Waals surface area contributed by atoms with E-state index in [2.05, 4.69) is 11.1 Å². The van der Waals surface area contributed by atoms with Gasteiger partial charge in [0.2, 0.25) is 0 Å². The van der Waals surface area contributed by atoms with E-state index in [1.807, 2.05) is 47.0 Å². The van der Waals surface area contributed by atoms with Crippen molar-refractivity contribution in [3.8, 4) is 11.3 Å². The minimum Gasteiger partial charge on any atom is -0.305 e. The Morgan fingerprint density at radius 2 is 1.85 bits per heavy atom. The van der Waals surface area contributed by atoms with Gasteiger partial charge in [-0.1, -0.05) is 42.5 Å². The molecule has 0 N–H and O–H groups in total. The van der Waals surface area contributed by atoms with Gasteiger partial charge in [-0.3, -0.25) is 4.79 Å². The average molecular weight is 262 g/mol. The standard InChI is InChI=1S/C17H14N2O/c20-17-15(12-6-2-1-3-7-12)18-14-10-4-8-13-9-5-11-19(17)16(13)14/h1-4,6-8,10H,5,9,11H2. The van der Waals surface area contributed by atoms with Crippen molar-refractivity contribution < 1.29 is 0 Å². The molecule has 0 fully saturated rings. The van der Waals surface area contributed by atoms with Crippen molar-refractivity contribution in [2.45, 2.75) is 19.4 Å². The summed E-state index contributed by atoms with van der Waals surface area (Å²) in [5.74, 6) is 0. The van der Waals surface area contributed by atoms with Crippen LogP contribution in [0.25, 0.3) is 22.3 Å². The summed E-state index contributed by atoms with van der Waals surface area (Å²) in [7, 11) is 0. The van der Waals surface area contributed by atoms with E-state index >= 15 is 0 Å². The van der Waals surface area contributed by atoms with Crippen LogP contribution < -0.4 is 5.56 Å². The van der Waals surface area contributed by atoms with Crippen LogP contribution in [0.5, 0.6) is 0 Å². The zero-order chi connectivity index (χ0) is 13.5. The molecule has 1 aromatic heterocycles. The summed E-state index contributed by atoms with van der Waals surface area (Å²) in [4.78, 5) is 17.3. The molecule has 2 heterocycles. The lowest BCUT2D eigenvalue weighted by atomic mass is 10.0. The van der Waals surface area contributed by atoms with Crippen LogP contribution in [-0.4, -0.2) is 9.55 Å². The second-order valence-corrected chi connectivity index (χ2v) is 5.17. The van der Waals surface area contributed by atoms with Gasteiger partial charge < -0.3 is 4.57 Å². The molecule has 1 aliphatic heterocycles. The second-order valence-electron chi connectivity index (χ2n) is 5.17. The van der Waals surface area contributed by atoms with Crippen LogP contribution >= 0.6 is 0 Å². The van der Waals surface area contributed by atoms with Crippen molar-refractivity contribution in [2.24, 2.45) is 0 Å². The first kappa shape index (κ1) is 11.4. The first-order valence-corrected chi connectivity index (χ1v) is 6.92. The number of para-hydroxylation sites is 1. The van der Waals surface area contributed by atoms with Gasteiger partial charge >= 0.3 is 0 Å². The van der Waals surface area contributed by atoms with Gasteiger partial charge in [-0.05, 0) is 24.5 Å². The van der Waals surface area contributed by atoms with Crippen LogP contribution in [0.4, 0.5) is 0 Å². The lowest BCUT2D eigenvalue weighted by Crippen LogP contribution is -2.27. The van der Waals surface area contributed by atoms with Crippen LogP contribution in [0.2, 0.25) is 0 Å². The molecule has 0 unspecified atom stereocenters. The molecular weight excluding hydrogens is 248 g/mol. The summed E-state index contributed by atoms with van der Waals surface area (Å²) in [6.45, 7) is 0.786. The average Bonchev–Trinajstić information content (AvgIpc) is 2.52. The highest BCUT2D eigenvalue weighted by Gasteiger charge is 2.17. The maximum atomic E-state index is 12.7. The Kier molecular flexibility index (Phi) is 2.46. The fourth-order valence-corrected chi connectivity index (χ4v) is 3.00. The number of rotatable bonds is 1. The maximum absolute atomic E-state index is 12.7. The van der Waals surface area contributed by atoms with Crippen molar-refractivity contribution >= 4 is 11.0 Å². The highest BCUT2D eigenvalue weighted by molar-refractivity contribution is 5.81. The molecule has 0 radical (unpaired) electrons. The Balaban J connectivity index is 2.11. The van der Waals surface area contributed by atoms with Gasteiger partial charge in [0.05, 0.1) is 11.0 Å². The molecule has 0 amide bonds. The highest BCUT2D eigenvalue weighted by Crippen LogP contribution is 2.24. The third-order valence-corrected chi connectivity index (χ3v) is 3.92. The van der Waals surface area contributed by atoms with Crippen molar-refractivity contribution in [2.75, 3.05) is 0 Å². The molecule has 0 bridgehead atoms. The Labute approximate surface area is 116 Å². The Bertz CT molecular complexity index is 850. The normalized spacial score (nSPS) is 13.6. The summed E-state index contributed by atoms with van der Waals surface area (Å²) in [5, 5.41) is 0. The largest absolute Gasteiger partial charge is 0.305 e. The van der Waals surface area contributed by atoms with Crippen LogP contribution in [0.1, 0.15) is 12.0 Å². The predicted octanol–water partition coefficient (Wildman–Crippen LogP) is 3.01. The van der Waals surface area contributed by atoms with Crippen molar-refractivity contribution in [3.63, 3.8) is 0 Å². The maximum Gasteiger partial charge on any atom is 0.277 e. The van der Waals surface area contributed by atoms with Crippen molar-refractivity contribution in [3.05, 3.63) is 64.4 Å². The van der Waals surface area contributed by atoms with E-state index in [1.54, 1.807) is 0 Å². The first-order chi connectivity index (χ1) is 9.84. The second kappa shape index (κ2) is 4.30. The molecular formula is C17H14N2O. The van der Waals surface area contributed by atoms with Gasteiger partial charge in [0.25, 0.3) is 5.56 Å². The highest BCUT2D eigenvalue weighted by atomic mass is 16.1. The van der Waals surface area contributed by atoms with Crippen LogP contribution in [0, 0.1) is 0 Å². The smallest absolute Gasteiger partial charge is 0.277 e. The minimum atomic E-state index is 0.0239. The molecule has 3 heteroatoms. The van der Waals surface area contributed by atoms with Gasteiger partial charge in [0.1, 0.15) is 5.69 Å². The van der Waals surface area contributed by atoms with Crippen LogP contribution in [0.15, 0.2) is 53.3 Å². The quantitative estimate of drug-likeness (QED) is 0.675. The van der Waals surface area contributed by atoms with Gasteiger partial charge in [-0.15, -0.1) is 0 Å². The lowest BCUT2D eigenvalue weighted by Gasteiger charge is -2.19. The number of hydrogen-bond acceptors (Lipinski definition) is 2. The van der Waals surface area contributed by atoms with Gasteiger partial charge in [0.15, 0.2) is 0 Å². The fourth-order valence-electron chi connectivity index (χ4n) is 3.00. The molecule has 0 aliphatic carbocycles. The van der Waals surface area contributed by atoms with Crippen LogP contribution in [-0.2, 0) is 13.0 Å². The fraction of sp³-hybridized carbons (Fsp3) is 0.176. The predicted molar refractivity (Wildman–Crippen MR) is 79.8 cm³/mol. The number of hydrogen-bond donors (Lipinski definition) is 0. The molecule has 0 saturated carbocycles. The Morgan fingerprint density at radius 3 is 2.70 bits per heavy atom. The third-order valence-electron chi connectivity index (χ3n) is 3.92.